The lowest BCUT2D eigenvalue weighted by Gasteiger charge is -2.28. The number of hydrogen-bond donors (Lipinski definition) is 3. The lowest BCUT2D eigenvalue weighted by Crippen LogP contribution is -2.42. The lowest BCUT2D eigenvalue weighted by molar-refractivity contribution is -0.122. The monoisotopic (exact) mass is 661 g/mol. The Kier molecular flexibility index (Phi) is 12.2. The Morgan fingerprint density at radius 1 is 1.04 bits per heavy atom. The molecular formula is C39H43N5O5. The predicted molar refractivity (Wildman–Crippen MR) is 187 cm³/mol. The number of fused-ring (bicyclic) bond motifs is 1. The van der Waals surface area contributed by atoms with Gasteiger partial charge in [-0.1, -0.05) is 48.5 Å². The highest BCUT2D eigenvalue weighted by molar-refractivity contribution is 5.73. The van der Waals surface area contributed by atoms with E-state index >= 15 is 0 Å². The van der Waals surface area contributed by atoms with Crippen LogP contribution < -0.4 is 20.1 Å². The summed E-state index contributed by atoms with van der Waals surface area (Å²) in [5, 5.41) is 21.9. The van der Waals surface area contributed by atoms with Gasteiger partial charge in [-0.05, 0) is 85.0 Å². The zero-order chi connectivity index (χ0) is 34.6. The molecule has 254 valence electrons. The Labute approximate surface area is 287 Å². The Morgan fingerprint density at radius 2 is 1.82 bits per heavy atom. The number of nitrogens with zero attached hydrogens (tertiary/aromatic N) is 3. The summed E-state index contributed by atoms with van der Waals surface area (Å²) >= 11 is 0. The van der Waals surface area contributed by atoms with Crippen LogP contribution in [-0.2, 0) is 37.4 Å². The molecule has 3 aromatic carbocycles. The molecule has 0 spiro atoms. The summed E-state index contributed by atoms with van der Waals surface area (Å²) in [6.45, 7) is 4.99. The predicted octanol–water partition coefficient (Wildman–Crippen LogP) is 6.17. The van der Waals surface area contributed by atoms with Crippen LogP contribution in [0.15, 0.2) is 73.1 Å². The molecule has 1 fully saturated rings. The second-order valence-electron chi connectivity index (χ2n) is 12.2. The fourth-order valence-corrected chi connectivity index (χ4v) is 6.77. The highest BCUT2D eigenvalue weighted by atomic mass is 16.5. The molecule has 1 aromatic heterocycles. The molecule has 10 heteroatoms. The molecule has 0 radical (unpaired) electrons. The Morgan fingerprint density at radius 3 is 2.59 bits per heavy atom. The molecule has 4 aromatic rings. The van der Waals surface area contributed by atoms with Gasteiger partial charge in [-0.15, -0.1) is 0 Å². The van der Waals surface area contributed by atoms with Crippen molar-refractivity contribution in [1.82, 2.24) is 20.5 Å². The van der Waals surface area contributed by atoms with E-state index in [1.165, 1.54) is 33.4 Å². The third-order valence-electron chi connectivity index (χ3n) is 9.26. The third-order valence-corrected chi connectivity index (χ3v) is 9.26. The zero-order valence-electron chi connectivity index (χ0n) is 28.1. The van der Waals surface area contributed by atoms with Crippen molar-refractivity contribution in [3.63, 3.8) is 0 Å². The molecule has 2 amide bonds. The molecule has 1 aliphatic heterocycles. The number of pyridine rings is 1. The summed E-state index contributed by atoms with van der Waals surface area (Å²) in [5.74, 6) is 1.68. The summed E-state index contributed by atoms with van der Waals surface area (Å²) in [4.78, 5) is 27.0. The van der Waals surface area contributed by atoms with Crippen LogP contribution in [0.2, 0.25) is 0 Å². The van der Waals surface area contributed by atoms with Crippen molar-refractivity contribution in [2.75, 3.05) is 20.1 Å². The number of aromatic nitrogens is 1. The fraction of sp³-hybridized carbons (Fsp3) is 0.333. The normalized spacial score (nSPS) is 14.9. The van der Waals surface area contributed by atoms with Crippen LogP contribution in [-0.4, -0.2) is 53.7 Å². The second kappa shape index (κ2) is 17.1. The number of nitrogens with one attached hydrogen (secondary N) is 2. The first kappa shape index (κ1) is 34.9. The van der Waals surface area contributed by atoms with E-state index in [9.17, 15) is 10.1 Å². The lowest BCUT2D eigenvalue weighted by atomic mass is 9.97. The molecule has 2 heterocycles. The molecule has 1 unspecified atom stereocenters. The maximum Gasteiger partial charge on any atom is 0.314 e. The van der Waals surface area contributed by atoms with Crippen LogP contribution in [0, 0.1) is 18.3 Å². The average Bonchev–Trinajstić information content (AvgIpc) is 3.81. The van der Waals surface area contributed by atoms with Gasteiger partial charge < -0.3 is 25.2 Å². The standard InChI is InChI=1S/C38H41N5O3.CH2O2/c1-26-30(11-6-13-32(26)29-9-4-3-5-10-29)25-46-36-18-37(45-24-28-17-27(19-39)20-41-21-28)35(33-14-7-15-34(33)36)23-43-16-8-12-31(43)22-42-38(44)40-2;2-1-3/h3-6,9-11,13,17-18,20-21,31H,7-8,12,14-16,22-25H2,1-2H3,(H2,40,42,44);1H,(H,2,3). The van der Waals surface area contributed by atoms with Gasteiger partial charge in [0.05, 0.1) is 5.56 Å². The summed E-state index contributed by atoms with van der Waals surface area (Å²) in [5.41, 5.74) is 9.91. The maximum atomic E-state index is 11.9. The van der Waals surface area contributed by atoms with E-state index in [4.69, 9.17) is 19.4 Å². The largest absolute Gasteiger partial charge is 0.488 e. The van der Waals surface area contributed by atoms with E-state index in [-0.39, 0.29) is 18.5 Å². The first-order chi connectivity index (χ1) is 23.9. The fourth-order valence-electron chi connectivity index (χ4n) is 6.77. The van der Waals surface area contributed by atoms with E-state index in [1.807, 2.05) is 12.1 Å². The van der Waals surface area contributed by atoms with E-state index in [0.29, 0.717) is 25.3 Å². The van der Waals surface area contributed by atoms with Gasteiger partial charge in [0.2, 0.25) is 0 Å². The Bertz CT molecular complexity index is 1790. The van der Waals surface area contributed by atoms with Gasteiger partial charge in [-0.2, -0.15) is 5.26 Å². The molecule has 1 saturated heterocycles. The van der Waals surface area contributed by atoms with Crippen LogP contribution >= 0.6 is 0 Å². The minimum atomic E-state index is -0.250. The van der Waals surface area contributed by atoms with Crippen molar-refractivity contribution in [1.29, 1.82) is 5.26 Å². The van der Waals surface area contributed by atoms with Gasteiger partial charge in [0, 0.05) is 55.8 Å². The number of carbonyl (C=O) groups excluding carboxylic acids is 1. The van der Waals surface area contributed by atoms with Crippen molar-refractivity contribution >= 4 is 12.5 Å². The third kappa shape index (κ3) is 8.75. The number of nitriles is 1. The average molecular weight is 662 g/mol. The number of likely N-dealkylation sites (tertiary alicyclic amines) is 1. The van der Waals surface area contributed by atoms with E-state index in [1.54, 1.807) is 19.4 Å². The quantitative estimate of drug-likeness (QED) is 0.162. The molecule has 2 aliphatic rings. The van der Waals surface area contributed by atoms with Crippen LogP contribution in [0.4, 0.5) is 4.79 Å². The number of benzene rings is 3. The first-order valence-electron chi connectivity index (χ1n) is 16.6. The summed E-state index contributed by atoms with van der Waals surface area (Å²) in [7, 11) is 1.64. The van der Waals surface area contributed by atoms with Crippen molar-refractivity contribution in [2.45, 2.75) is 64.8 Å². The smallest absolute Gasteiger partial charge is 0.314 e. The molecule has 1 aliphatic carbocycles. The van der Waals surface area contributed by atoms with Gasteiger partial charge >= 0.3 is 6.03 Å². The molecular weight excluding hydrogens is 618 g/mol. The second-order valence-corrected chi connectivity index (χ2v) is 12.2. The molecule has 10 nitrogen and oxygen atoms in total. The van der Waals surface area contributed by atoms with Gasteiger partial charge in [0.1, 0.15) is 30.8 Å². The number of urea groups is 1. The highest BCUT2D eigenvalue weighted by Gasteiger charge is 2.30. The van der Waals surface area contributed by atoms with E-state index in [0.717, 1.165) is 67.8 Å². The van der Waals surface area contributed by atoms with Crippen LogP contribution in [0.5, 0.6) is 11.5 Å². The minimum Gasteiger partial charge on any atom is -0.488 e. The van der Waals surface area contributed by atoms with Crippen molar-refractivity contribution in [3.05, 3.63) is 112 Å². The van der Waals surface area contributed by atoms with Gasteiger partial charge in [0.25, 0.3) is 6.47 Å². The van der Waals surface area contributed by atoms with Gasteiger partial charge in [0.15, 0.2) is 0 Å². The molecule has 6 rings (SSSR count). The number of rotatable bonds is 11. The van der Waals surface area contributed by atoms with Crippen LogP contribution in [0.3, 0.4) is 0 Å². The van der Waals surface area contributed by atoms with Gasteiger partial charge in [-0.3, -0.25) is 14.7 Å². The summed E-state index contributed by atoms with van der Waals surface area (Å²) in [6.07, 6.45) is 8.45. The summed E-state index contributed by atoms with van der Waals surface area (Å²) in [6, 6.07) is 23.0. The van der Waals surface area contributed by atoms with Crippen molar-refractivity contribution in [3.8, 4) is 28.7 Å². The Hall–Kier alpha value is -5.40. The summed E-state index contributed by atoms with van der Waals surface area (Å²) < 4.78 is 13.2. The van der Waals surface area contributed by atoms with E-state index in [2.05, 4.69) is 82.0 Å². The van der Waals surface area contributed by atoms with Crippen molar-refractivity contribution in [2.24, 2.45) is 0 Å². The number of ether oxygens (including phenoxy) is 2. The SMILES string of the molecule is CNC(=O)NCC1CCCN1Cc1c(OCc2cncc(C#N)c2)cc(OCc2cccc(-c3ccccc3)c2C)c2c1CCC2.O=CO. The Balaban J connectivity index is 0.00000151. The molecule has 0 bridgehead atoms. The van der Waals surface area contributed by atoms with Crippen molar-refractivity contribution < 1.29 is 24.2 Å². The zero-order valence-corrected chi connectivity index (χ0v) is 28.1. The van der Waals surface area contributed by atoms with Gasteiger partial charge in [-0.25, -0.2) is 4.79 Å². The van der Waals surface area contributed by atoms with E-state index < -0.39 is 0 Å². The molecule has 3 N–H and O–H groups in total. The van der Waals surface area contributed by atoms with Crippen LogP contribution in [0.25, 0.3) is 11.1 Å². The minimum absolute atomic E-state index is 0.156. The number of carboxylic acid groups (broad SMARTS) is 1. The molecule has 0 saturated carbocycles. The number of hydrogen-bond acceptors (Lipinski definition) is 7. The number of amides is 2. The maximum absolute atomic E-state index is 11.9. The topological polar surface area (TPSA) is 137 Å². The molecule has 1 atom stereocenters. The highest BCUT2D eigenvalue weighted by Crippen LogP contribution is 2.41. The number of carbonyl (C=O) groups is 2. The van der Waals surface area contributed by atoms with Crippen LogP contribution in [0.1, 0.15) is 58.2 Å². The first-order valence-corrected chi connectivity index (χ1v) is 16.6. The molecule has 49 heavy (non-hydrogen) atoms.